The normalized spacial score (nSPS) is 23.5. The third kappa shape index (κ3) is 5.14. The van der Waals surface area contributed by atoms with E-state index in [0.29, 0.717) is 24.2 Å². The number of urea groups is 1. The summed E-state index contributed by atoms with van der Waals surface area (Å²) in [5.41, 5.74) is 7.78. The van der Waals surface area contributed by atoms with Crippen molar-refractivity contribution >= 4 is 21.7 Å². The van der Waals surface area contributed by atoms with Gasteiger partial charge in [-0.2, -0.15) is 0 Å². The Kier molecular flexibility index (Phi) is 6.28. The molecule has 1 aromatic heterocycles. The van der Waals surface area contributed by atoms with Gasteiger partial charge in [0.1, 0.15) is 0 Å². The second kappa shape index (κ2) is 9.09. The molecule has 0 bridgehead atoms. The van der Waals surface area contributed by atoms with E-state index in [9.17, 15) is 13.2 Å². The van der Waals surface area contributed by atoms with Crippen molar-refractivity contribution in [3.8, 4) is 0 Å². The maximum atomic E-state index is 12.7. The van der Waals surface area contributed by atoms with Crippen molar-refractivity contribution in [1.82, 2.24) is 25.9 Å². The molecule has 4 rings (SSSR count). The van der Waals surface area contributed by atoms with Crippen LogP contribution in [0.1, 0.15) is 24.8 Å². The Bertz CT molecular complexity index is 968. The van der Waals surface area contributed by atoms with Crippen LogP contribution in [0, 0.1) is 5.92 Å². The van der Waals surface area contributed by atoms with Gasteiger partial charge in [-0.3, -0.25) is 15.8 Å². The van der Waals surface area contributed by atoms with E-state index in [1.807, 2.05) is 6.07 Å². The van der Waals surface area contributed by atoms with Gasteiger partial charge in [0.05, 0.1) is 4.90 Å². The molecule has 1 aliphatic heterocycles. The number of amides is 2. The number of hydrogen-bond donors (Lipinski definition) is 5. The summed E-state index contributed by atoms with van der Waals surface area (Å²) in [4.78, 5) is 16.2. The Hall–Kier alpha value is -2.53. The first kappa shape index (κ1) is 20.7. The molecule has 160 valence electrons. The number of carbonyl (C=O) groups excluding carboxylic acids is 1. The molecule has 0 spiro atoms. The fourth-order valence-corrected chi connectivity index (χ4v) is 5.23. The van der Waals surface area contributed by atoms with Crippen LogP contribution in [0.25, 0.3) is 0 Å². The Morgan fingerprint density at radius 2 is 2.00 bits per heavy atom. The molecule has 2 heterocycles. The van der Waals surface area contributed by atoms with Crippen LogP contribution in [0.4, 0.5) is 10.5 Å². The zero-order valence-electron chi connectivity index (χ0n) is 16.5. The highest BCUT2D eigenvalue weighted by Crippen LogP contribution is 2.27. The Morgan fingerprint density at radius 3 is 2.77 bits per heavy atom. The van der Waals surface area contributed by atoms with Crippen molar-refractivity contribution < 1.29 is 13.2 Å². The lowest BCUT2D eigenvalue weighted by Gasteiger charge is -2.31. The Balaban J connectivity index is 1.30. The molecule has 1 aromatic carbocycles. The van der Waals surface area contributed by atoms with Crippen LogP contribution in [-0.4, -0.2) is 38.1 Å². The number of aromatic nitrogens is 1. The summed E-state index contributed by atoms with van der Waals surface area (Å²) < 4.78 is 28.3. The molecule has 9 nitrogen and oxygen atoms in total. The number of carbonyl (C=O) groups is 1. The maximum absolute atomic E-state index is 12.7. The third-order valence-corrected chi connectivity index (χ3v) is 7.10. The molecule has 2 aromatic rings. The molecule has 10 heteroatoms. The number of hydrazine groups is 1. The van der Waals surface area contributed by atoms with E-state index < -0.39 is 10.0 Å². The van der Waals surface area contributed by atoms with Crippen LogP contribution < -0.4 is 26.2 Å². The summed E-state index contributed by atoms with van der Waals surface area (Å²) in [6.45, 7) is 1.29. The number of pyridine rings is 1. The van der Waals surface area contributed by atoms with E-state index in [1.165, 1.54) is 12.1 Å². The second-order valence-corrected chi connectivity index (χ2v) is 9.43. The first-order chi connectivity index (χ1) is 14.5. The Labute approximate surface area is 176 Å². The Morgan fingerprint density at radius 1 is 1.17 bits per heavy atom. The van der Waals surface area contributed by atoms with Gasteiger partial charge in [0.25, 0.3) is 0 Å². The van der Waals surface area contributed by atoms with Crippen molar-refractivity contribution in [2.45, 2.75) is 42.8 Å². The van der Waals surface area contributed by atoms with Gasteiger partial charge in [0.15, 0.2) is 0 Å². The van der Waals surface area contributed by atoms with E-state index in [0.717, 1.165) is 31.4 Å². The zero-order chi connectivity index (χ0) is 21.0. The second-order valence-electron chi connectivity index (χ2n) is 7.72. The minimum atomic E-state index is -3.61. The summed E-state index contributed by atoms with van der Waals surface area (Å²) in [6, 6.07) is 9.68. The van der Waals surface area contributed by atoms with Crippen LogP contribution in [-0.2, 0) is 16.6 Å². The monoisotopic (exact) mass is 430 g/mol. The molecule has 3 atom stereocenters. The number of fused-ring (bicyclic) bond motifs is 1. The predicted octanol–water partition coefficient (Wildman–Crippen LogP) is 1.33. The van der Waals surface area contributed by atoms with Crippen molar-refractivity contribution in [3.05, 3.63) is 54.4 Å². The van der Waals surface area contributed by atoms with Crippen LogP contribution in [0.3, 0.4) is 0 Å². The molecule has 0 radical (unpaired) electrons. The van der Waals surface area contributed by atoms with Gasteiger partial charge in [0, 0.05) is 43.3 Å². The van der Waals surface area contributed by atoms with E-state index in [1.54, 1.807) is 30.6 Å². The van der Waals surface area contributed by atoms with Crippen LogP contribution in [0.15, 0.2) is 53.7 Å². The average molecular weight is 431 g/mol. The van der Waals surface area contributed by atoms with Crippen molar-refractivity contribution in [3.63, 3.8) is 0 Å². The molecule has 1 aliphatic carbocycles. The molecule has 5 N–H and O–H groups in total. The molecule has 2 amide bonds. The number of sulfonamides is 1. The standard InChI is InChI=1S/C20H26N6O3S/c27-20(22-12-14-2-1-9-21-11-14)24-16-5-7-18(8-6-16)30(28,29)26-17-4-3-15-13-23-25-19(15)10-17/h1-2,5-9,11,15,17,19,23,25-26H,3-4,10,12-13H2,(H2,22,24,27). The molecular weight excluding hydrogens is 404 g/mol. The van der Waals surface area contributed by atoms with Gasteiger partial charge >= 0.3 is 6.03 Å². The van der Waals surface area contributed by atoms with Crippen molar-refractivity contribution in [2.24, 2.45) is 5.92 Å². The highest BCUT2D eigenvalue weighted by atomic mass is 32.2. The zero-order valence-corrected chi connectivity index (χ0v) is 17.3. The largest absolute Gasteiger partial charge is 0.334 e. The van der Waals surface area contributed by atoms with Crippen molar-refractivity contribution in [2.75, 3.05) is 11.9 Å². The van der Waals surface area contributed by atoms with E-state index in [2.05, 4.69) is 31.2 Å². The van der Waals surface area contributed by atoms with Gasteiger partial charge in [-0.1, -0.05) is 6.07 Å². The number of hydrogen-bond acceptors (Lipinski definition) is 6. The highest BCUT2D eigenvalue weighted by Gasteiger charge is 2.35. The number of rotatable bonds is 6. The summed E-state index contributed by atoms with van der Waals surface area (Å²) in [7, 11) is -3.61. The van der Waals surface area contributed by atoms with E-state index >= 15 is 0 Å². The van der Waals surface area contributed by atoms with Gasteiger partial charge in [0.2, 0.25) is 10.0 Å². The first-order valence-electron chi connectivity index (χ1n) is 10.0. The molecule has 2 fully saturated rings. The number of benzene rings is 1. The topological polar surface area (TPSA) is 124 Å². The smallest absolute Gasteiger partial charge is 0.319 e. The summed E-state index contributed by atoms with van der Waals surface area (Å²) in [6.07, 6.45) is 5.95. The van der Waals surface area contributed by atoms with Crippen molar-refractivity contribution in [1.29, 1.82) is 0 Å². The SMILES string of the molecule is O=C(NCc1cccnc1)Nc1ccc(S(=O)(=O)NC2CCC3CNNC3C2)cc1. The van der Waals surface area contributed by atoms with Crippen LogP contribution in [0.2, 0.25) is 0 Å². The lowest BCUT2D eigenvalue weighted by molar-refractivity contribution is 0.251. The maximum Gasteiger partial charge on any atom is 0.319 e. The predicted molar refractivity (Wildman–Crippen MR) is 113 cm³/mol. The molecule has 30 heavy (non-hydrogen) atoms. The van der Waals surface area contributed by atoms with Gasteiger partial charge < -0.3 is 10.6 Å². The molecule has 3 unspecified atom stereocenters. The summed E-state index contributed by atoms with van der Waals surface area (Å²) >= 11 is 0. The lowest BCUT2D eigenvalue weighted by Crippen LogP contribution is -2.45. The van der Waals surface area contributed by atoms with Gasteiger partial charge in [-0.15, -0.1) is 0 Å². The van der Waals surface area contributed by atoms with Gasteiger partial charge in [-0.25, -0.2) is 17.9 Å². The van der Waals surface area contributed by atoms with Crippen LogP contribution >= 0.6 is 0 Å². The van der Waals surface area contributed by atoms with E-state index in [4.69, 9.17) is 0 Å². The number of nitrogens with one attached hydrogen (secondary N) is 5. The molecular formula is C20H26N6O3S. The first-order valence-corrected chi connectivity index (χ1v) is 11.5. The lowest BCUT2D eigenvalue weighted by atomic mass is 9.83. The average Bonchev–Trinajstić information content (AvgIpc) is 3.21. The fourth-order valence-electron chi connectivity index (χ4n) is 3.95. The molecule has 2 aliphatic rings. The number of anilines is 1. The summed E-state index contributed by atoms with van der Waals surface area (Å²) in [5, 5.41) is 5.43. The minimum Gasteiger partial charge on any atom is -0.334 e. The number of nitrogens with zero attached hydrogens (tertiary/aromatic N) is 1. The molecule has 1 saturated carbocycles. The summed E-state index contributed by atoms with van der Waals surface area (Å²) in [5.74, 6) is 0.570. The fraction of sp³-hybridized carbons (Fsp3) is 0.400. The molecule has 1 saturated heterocycles. The van der Waals surface area contributed by atoms with Gasteiger partial charge in [-0.05, 0) is 61.1 Å². The van der Waals surface area contributed by atoms with Crippen LogP contribution in [0.5, 0.6) is 0 Å². The highest BCUT2D eigenvalue weighted by molar-refractivity contribution is 7.89. The van der Waals surface area contributed by atoms with E-state index in [-0.39, 0.29) is 17.0 Å². The quantitative estimate of drug-likeness (QED) is 0.471. The minimum absolute atomic E-state index is 0.0836. The third-order valence-electron chi connectivity index (χ3n) is 5.57.